The summed E-state index contributed by atoms with van der Waals surface area (Å²) in [7, 11) is 0. The van der Waals surface area contributed by atoms with Crippen LogP contribution in [0, 0.1) is 53.3 Å². The van der Waals surface area contributed by atoms with E-state index < -0.39 is 0 Å². The minimum Gasteiger partial charge on any atom is -0.408 e. The molecule has 0 amide bonds. The number of fused-ring (bicyclic) bond motifs is 6. The van der Waals surface area contributed by atoms with E-state index in [1.165, 1.54) is 25.7 Å². The number of hydrogen-bond acceptors (Lipinski definition) is 5. The van der Waals surface area contributed by atoms with Gasteiger partial charge >= 0.3 is 5.63 Å². The van der Waals surface area contributed by atoms with Crippen molar-refractivity contribution in [3.8, 4) is 0 Å². The molecule has 0 saturated heterocycles. The van der Waals surface area contributed by atoms with E-state index in [-0.39, 0.29) is 28.7 Å². The monoisotopic (exact) mass is 507 g/mol. The number of aromatic nitrogens is 1. The summed E-state index contributed by atoms with van der Waals surface area (Å²) in [6.07, 6.45) is 9.98. The molecule has 1 aromatic carbocycles. The van der Waals surface area contributed by atoms with Gasteiger partial charge in [-0.3, -0.25) is 0 Å². The van der Waals surface area contributed by atoms with E-state index in [2.05, 4.69) is 25.8 Å². The fraction of sp³-hybridized carbons (Fsp3) is 0.750. The highest BCUT2D eigenvalue weighted by atomic mass is 16.4. The average Bonchev–Trinajstić information content (AvgIpc) is 3.22. The van der Waals surface area contributed by atoms with Crippen molar-refractivity contribution >= 4 is 10.9 Å². The predicted octanol–water partition coefficient (Wildman–Crippen LogP) is 6.06. The number of aliphatic hydroxyl groups excluding tert-OH is 2. The van der Waals surface area contributed by atoms with Gasteiger partial charge < -0.3 is 14.6 Å². The number of aliphatic hydroxyl groups is 2. The van der Waals surface area contributed by atoms with Gasteiger partial charge in [-0.15, -0.1) is 0 Å². The Morgan fingerprint density at radius 2 is 1.89 bits per heavy atom. The first-order chi connectivity index (χ1) is 17.6. The molecule has 2 N–H and O–H groups in total. The minimum absolute atomic E-state index is 0.0489. The van der Waals surface area contributed by atoms with E-state index in [1.54, 1.807) is 0 Å². The van der Waals surface area contributed by atoms with Crippen molar-refractivity contribution in [1.82, 2.24) is 4.98 Å². The molecule has 4 saturated carbocycles. The number of aryl methyl sites for hydroxylation is 2. The van der Waals surface area contributed by atoms with Gasteiger partial charge in [-0.05, 0) is 123 Å². The summed E-state index contributed by atoms with van der Waals surface area (Å²) in [6, 6.07) is 5.76. The third-order valence-corrected chi connectivity index (χ3v) is 12.2. The molecule has 10 atom stereocenters. The first-order valence-electron chi connectivity index (χ1n) is 14.9. The van der Waals surface area contributed by atoms with Gasteiger partial charge in [-0.2, -0.15) is 0 Å². The van der Waals surface area contributed by atoms with Gasteiger partial charge in [0.25, 0.3) is 0 Å². The molecule has 0 bridgehead atoms. The van der Waals surface area contributed by atoms with E-state index in [1.807, 2.05) is 25.1 Å². The third kappa shape index (κ3) is 3.93. The van der Waals surface area contributed by atoms with Crippen LogP contribution in [-0.4, -0.2) is 27.4 Å². The molecule has 5 heteroatoms. The Balaban J connectivity index is 1.19. The van der Waals surface area contributed by atoms with Gasteiger partial charge in [0, 0.05) is 6.42 Å². The molecule has 4 fully saturated rings. The van der Waals surface area contributed by atoms with Gasteiger partial charge in [0.15, 0.2) is 5.89 Å². The van der Waals surface area contributed by atoms with Gasteiger partial charge in [0.1, 0.15) is 0 Å². The van der Waals surface area contributed by atoms with Crippen LogP contribution in [0.3, 0.4) is 0 Å². The number of nitrogens with zero attached hydrogens (tertiary/aromatic N) is 1. The molecular weight excluding hydrogens is 462 g/mol. The molecule has 4 aliphatic rings. The van der Waals surface area contributed by atoms with Gasteiger partial charge in [-0.25, -0.2) is 9.78 Å². The highest BCUT2D eigenvalue weighted by molar-refractivity contribution is 5.80. The van der Waals surface area contributed by atoms with Crippen LogP contribution in [0.15, 0.2) is 27.4 Å². The summed E-state index contributed by atoms with van der Waals surface area (Å²) in [5.74, 6) is 3.91. The Morgan fingerprint density at radius 3 is 2.70 bits per heavy atom. The normalized spacial score (nSPS) is 42.2. The Hall–Kier alpha value is -1.72. The van der Waals surface area contributed by atoms with Gasteiger partial charge in [0.05, 0.1) is 23.1 Å². The van der Waals surface area contributed by atoms with Crippen LogP contribution >= 0.6 is 0 Å². The lowest BCUT2D eigenvalue weighted by Crippen LogP contribution is -2.58. The maximum absolute atomic E-state index is 12.6. The quantitative estimate of drug-likeness (QED) is 0.526. The lowest BCUT2D eigenvalue weighted by Gasteiger charge is -2.62. The van der Waals surface area contributed by atoms with Crippen molar-refractivity contribution in [3.63, 3.8) is 0 Å². The second-order valence-electron chi connectivity index (χ2n) is 13.8. The highest BCUT2D eigenvalue weighted by Gasteiger charge is 2.63. The summed E-state index contributed by atoms with van der Waals surface area (Å²) in [5.41, 5.74) is 1.56. The van der Waals surface area contributed by atoms with Crippen molar-refractivity contribution < 1.29 is 14.6 Å². The fourth-order valence-electron chi connectivity index (χ4n) is 10.1. The topological polar surface area (TPSA) is 83.6 Å². The van der Waals surface area contributed by atoms with Gasteiger partial charge in [-0.1, -0.05) is 32.9 Å². The zero-order chi connectivity index (χ0) is 26.1. The van der Waals surface area contributed by atoms with E-state index in [0.717, 1.165) is 43.2 Å². The third-order valence-electron chi connectivity index (χ3n) is 12.2. The lowest BCUT2D eigenvalue weighted by molar-refractivity contribution is -0.174. The second kappa shape index (κ2) is 9.19. The molecular formula is C32H45NO4. The minimum atomic E-state index is -0.285. The maximum Gasteiger partial charge on any atom is 0.347 e. The molecule has 5 nitrogen and oxygen atoms in total. The van der Waals surface area contributed by atoms with E-state index in [0.29, 0.717) is 53.2 Å². The van der Waals surface area contributed by atoms with Crippen LogP contribution in [0.25, 0.3) is 10.9 Å². The first-order valence-corrected chi connectivity index (χ1v) is 14.9. The molecule has 0 radical (unpaired) electrons. The molecule has 0 spiro atoms. The van der Waals surface area contributed by atoms with Crippen LogP contribution < -0.4 is 5.63 Å². The summed E-state index contributed by atoms with van der Waals surface area (Å²) >= 11 is 0. The van der Waals surface area contributed by atoms with Crippen molar-refractivity contribution in [3.05, 3.63) is 40.1 Å². The summed E-state index contributed by atoms with van der Waals surface area (Å²) in [4.78, 5) is 17.3. The van der Waals surface area contributed by atoms with Crippen LogP contribution in [0.4, 0.5) is 0 Å². The van der Waals surface area contributed by atoms with Crippen molar-refractivity contribution in [2.24, 2.45) is 46.3 Å². The lowest BCUT2D eigenvalue weighted by atomic mass is 9.43. The zero-order valence-corrected chi connectivity index (χ0v) is 23.1. The van der Waals surface area contributed by atoms with Crippen LogP contribution in [0.5, 0.6) is 0 Å². The SMILES string of the molecule is Cc1cccc2nc(CC[C@@H](C)[C@H]3CC[C@H]4[C@@H]5CC[C@@H]6C[C@H](O)CC[C@]6(C)C5C[C@H](O)[C@]34C)oc(=O)c12. The van der Waals surface area contributed by atoms with Crippen molar-refractivity contribution in [2.75, 3.05) is 0 Å². The maximum atomic E-state index is 12.6. The highest BCUT2D eigenvalue weighted by Crippen LogP contribution is 2.68. The Bertz CT molecular complexity index is 1220. The van der Waals surface area contributed by atoms with Crippen LogP contribution in [0.2, 0.25) is 0 Å². The largest absolute Gasteiger partial charge is 0.408 e. The predicted molar refractivity (Wildman–Crippen MR) is 145 cm³/mol. The molecule has 202 valence electrons. The second-order valence-corrected chi connectivity index (χ2v) is 13.8. The molecule has 6 rings (SSSR count). The van der Waals surface area contributed by atoms with Gasteiger partial charge in [0.2, 0.25) is 0 Å². The van der Waals surface area contributed by atoms with Crippen molar-refractivity contribution in [2.45, 2.75) is 104 Å². The molecule has 0 aliphatic heterocycles. The van der Waals surface area contributed by atoms with E-state index in [9.17, 15) is 15.0 Å². The number of hydrogen-bond donors (Lipinski definition) is 2. The number of rotatable bonds is 4. The number of benzene rings is 1. The first kappa shape index (κ1) is 25.6. The molecule has 4 aliphatic carbocycles. The Morgan fingerprint density at radius 1 is 1.08 bits per heavy atom. The summed E-state index contributed by atoms with van der Waals surface area (Å²) < 4.78 is 5.64. The standard InChI is InChI=1S/C32H45NO4/c1-18(8-13-28-33-26-7-5-6-19(2)29(26)30(36)37-28)23-11-12-24-22-10-9-20-16-21(34)14-15-31(20,3)25(22)17-27(35)32(23,24)4/h5-7,18,20-25,27,34-35H,8-17H2,1-4H3/t18-,20-,21-,22+,23-,24+,25?,27+,31+,32-/m1/s1. The van der Waals surface area contributed by atoms with E-state index >= 15 is 0 Å². The van der Waals surface area contributed by atoms with E-state index in [4.69, 9.17) is 4.42 Å². The molecule has 2 aromatic rings. The molecule has 37 heavy (non-hydrogen) atoms. The van der Waals surface area contributed by atoms with Crippen LogP contribution in [0.1, 0.15) is 90.0 Å². The zero-order valence-electron chi connectivity index (χ0n) is 23.1. The molecule has 1 unspecified atom stereocenters. The average molecular weight is 508 g/mol. The molecule has 1 aromatic heterocycles. The smallest absolute Gasteiger partial charge is 0.347 e. The van der Waals surface area contributed by atoms with Crippen molar-refractivity contribution in [1.29, 1.82) is 0 Å². The summed E-state index contributed by atoms with van der Waals surface area (Å²) in [5, 5.41) is 22.7. The van der Waals surface area contributed by atoms with Crippen LogP contribution in [-0.2, 0) is 6.42 Å². The Kier molecular flexibility index (Phi) is 6.35. The fourth-order valence-corrected chi connectivity index (χ4v) is 10.1. The molecule has 1 heterocycles. The Labute approximate surface area is 221 Å². The summed E-state index contributed by atoms with van der Waals surface area (Å²) in [6.45, 7) is 9.13.